The van der Waals surface area contributed by atoms with E-state index in [0.29, 0.717) is 23.1 Å². The molecule has 0 N–H and O–H groups in total. The van der Waals surface area contributed by atoms with Gasteiger partial charge in [-0.15, -0.1) is 6.58 Å². The van der Waals surface area contributed by atoms with Crippen molar-refractivity contribution in [2.24, 2.45) is 0 Å². The quantitative estimate of drug-likeness (QED) is 0.666. The molecule has 0 aliphatic heterocycles. The van der Waals surface area contributed by atoms with E-state index in [1.807, 2.05) is 42.5 Å². The Labute approximate surface area is 153 Å². The van der Waals surface area contributed by atoms with Crippen molar-refractivity contribution in [2.45, 2.75) is 13.0 Å². The lowest BCUT2D eigenvalue weighted by atomic mass is 10.1. The SMILES string of the molecule is C=CCc1ccc(OCC(=O)N(C)Cc2cccc(Cl)c2)c(OC)c1. The molecule has 25 heavy (non-hydrogen) atoms. The first-order valence-corrected chi connectivity index (χ1v) is 8.30. The molecule has 2 rings (SSSR count). The van der Waals surface area contributed by atoms with Crippen molar-refractivity contribution in [3.8, 4) is 11.5 Å². The smallest absolute Gasteiger partial charge is 0.260 e. The Hall–Kier alpha value is -2.46. The summed E-state index contributed by atoms with van der Waals surface area (Å²) in [5.74, 6) is 1.02. The van der Waals surface area contributed by atoms with E-state index in [1.54, 1.807) is 25.1 Å². The van der Waals surface area contributed by atoms with Crippen LogP contribution in [-0.4, -0.2) is 31.6 Å². The maximum absolute atomic E-state index is 12.3. The second-order valence-corrected chi connectivity index (χ2v) is 6.08. The molecule has 5 heteroatoms. The zero-order chi connectivity index (χ0) is 18.2. The predicted octanol–water partition coefficient (Wildman–Crippen LogP) is 4.11. The molecular weight excluding hydrogens is 338 g/mol. The molecule has 0 aromatic heterocycles. The van der Waals surface area contributed by atoms with Gasteiger partial charge in [-0.3, -0.25) is 4.79 Å². The molecule has 0 saturated heterocycles. The van der Waals surface area contributed by atoms with E-state index in [0.717, 1.165) is 17.5 Å². The number of amides is 1. The summed E-state index contributed by atoms with van der Waals surface area (Å²) in [6, 6.07) is 13.1. The number of carbonyl (C=O) groups excluding carboxylic acids is 1. The molecule has 0 bridgehead atoms. The predicted molar refractivity (Wildman–Crippen MR) is 100 cm³/mol. The average molecular weight is 360 g/mol. The van der Waals surface area contributed by atoms with Gasteiger partial charge in [0.2, 0.25) is 0 Å². The highest BCUT2D eigenvalue weighted by Gasteiger charge is 2.12. The van der Waals surface area contributed by atoms with E-state index < -0.39 is 0 Å². The van der Waals surface area contributed by atoms with Crippen molar-refractivity contribution >= 4 is 17.5 Å². The van der Waals surface area contributed by atoms with Crippen molar-refractivity contribution in [2.75, 3.05) is 20.8 Å². The normalized spacial score (nSPS) is 10.2. The zero-order valence-electron chi connectivity index (χ0n) is 14.5. The second-order valence-electron chi connectivity index (χ2n) is 5.65. The number of nitrogens with zero attached hydrogens (tertiary/aromatic N) is 1. The van der Waals surface area contributed by atoms with Crippen molar-refractivity contribution in [1.82, 2.24) is 4.90 Å². The van der Waals surface area contributed by atoms with Gasteiger partial charge in [0.15, 0.2) is 18.1 Å². The first-order chi connectivity index (χ1) is 12.0. The van der Waals surface area contributed by atoms with Gasteiger partial charge in [-0.25, -0.2) is 0 Å². The standard InChI is InChI=1S/C20H22ClNO3/c1-4-6-15-9-10-18(19(12-15)24-3)25-14-20(23)22(2)13-16-7-5-8-17(21)11-16/h4-5,7-12H,1,6,13-14H2,2-3H3. The van der Waals surface area contributed by atoms with Crippen molar-refractivity contribution < 1.29 is 14.3 Å². The Morgan fingerprint density at radius 1 is 1.20 bits per heavy atom. The minimum absolute atomic E-state index is 0.0613. The number of hydrogen-bond donors (Lipinski definition) is 0. The minimum atomic E-state index is -0.128. The maximum Gasteiger partial charge on any atom is 0.260 e. The summed E-state index contributed by atoms with van der Waals surface area (Å²) in [4.78, 5) is 13.9. The summed E-state index contributed by atoms with van der Waals surface area (Å²) in [7, 11) is 3.31. The fourth-order valence-corrected chi connectivity index (χ4v) is 2.58. The molecule has 0 heterocycles. The van der Waals surface area contributed by atoms with Gasteiger partial charge in [0.1, 0.15) is 0 Å². The van der Waals surface area contributed by atoms with Crippen molar-refractivity contribution in [3.63, 3.8) is 0 Å². The Morgan fingerprint density at radius 3 is 2.68 bits per heavy atom. The summed E-state index contributed by atoms with van der Waals surface area (Å²) >= 11 is 5.97. The number of likely N-dealkylation sites (N-methyl/N-ethyl adjacent to an activating group) is 1. The molecule has 0 spiro atoms. The van der Waals surface area contributed by atoms with E-state index in [-0.39, 0.29) is 12.5 Å². The van der Waals surface area contributed by atoms with E-state index >= 15 is 0 Å². The lowest BCUT2D eigenvalue weighted by Crippen LogP contribution is -2.31. The van der Waals surface area contributed by atoms with E-state index in [4.69, 9.17) is 21.1 Å². The van der Waals surface area contributed by atoms with Gasteiger partial charge in [0.05, 0.1) is 7.11 Å². The highest BCUT2D eigenvalue weighted by molar-refractivity contribution is 6.30. The topological polar surface area (TPSA) is 38.8 Å². The van der Waals surface area contributed by atoms with E-state index in [1.165, 1.54) is 0 Å². The third kappa shape index (κ3) is 5.54. The lowest BCUT2D eigenvalue weighted by Gasteiger charge is -2.18. The van der Waals surface area contributed by atoms with Crippen LogP contribution in [0.5, 0.6) is 11.5 Å². The zero-order valence-corrected chi connectivity index (χ0v) is 15.3. The van der Waals surface area contributed by atoms with Crippen LogP contribution >= 0.6 is 11.6 Å². The number of ether oxygens (including phenoxy) is 2. The van der Waals surface area contributed by atoms with Gasteiger partial charge in [-0.2, -0.15) is 0 Å². The van der Waals surface area contributed by atoms with Gasteiger partial charge in [-0.05, 0) is 41.8 Å². The molecule has 2 aromatic carbocycles. The number of halogens is 1. The van der Waals surface area contributed by atoms with Crippen LogP contribution in [0, 0.1) is 0 Å². The number of benzene rings is 2. The molecule has 0 atom stereocenters. The van der Waals surface area contributed by atoms with Crippen LogP contribution in [0.25, 0.3) is 0 Å². The van der Waals surface area contributed by atoms with Crippen LogP contribution in [0.4, 0.5) is 0 Å². The van der Waals surface area contributed by atoms with Crippen molar-refractivity contribution in [3.05, 3.63) is 71.3 Å². The summed E-state index contributed by atoms with van der Waals surface area (Å²) in [6.07, 6.45) is 2.57. The van der Waals surface area contributed by atoms with Gasteiger partial charge in [0, 0.05) is 18.6 Å². The Kier molecular flexibility index (Phi) is 6.90. The third-order valence-electron chi connectivity index (χ3n) is 3.69. The van der Waals surface area contributed by atoms with E-state index in [9.17, 15) is 4.79 Å². The number of methoxy groups -OCH3 is 1. The summed E-state index contributed by atoms with van der Waals surface area (Å²) in [5.41, 5.74) is 2.04. The largest absolute Gasteiger partial charge is 0.493 e. The molecule has 0 radical (unpaired) electrons. The molecule has 4 nitrogen and oxygen atoms in total. The van der Waals surface area contributed by atoms with Crippen LogP contribution in [0.3, 0.4) is 0 Å². The molecule has 0 aliphatic carbocycles. The van der Waals surface area contributed by atoms with Gasteiger partial charge in [0.25, 0.3) is 5.91 Å². The molecular formula is C20H22ClNO3. The molecule has 0 saturated carbocycles. The summed E-state index contributed by atoms with van der Waals surface area (Å²) < 4.78 is 11.0. The Balaban J connectivity index is 1.95. The van der Waals surface area contributed by atoms with Crippen molar-refractivity contribution in [1.29, 1.82) is 0 Å². The monoisotopic (exact) mass is 359 g/mol. The highest BCUT2D eigenvalue weighted by Crippen LogP contribution is 2.28. The number of allylic oxidation sites excluding steroid dienone is 1. The first-order valence-electron chi connectivity index (χ1n) is 7.92. The maximum atomic E-state index is 12.3. The van der Waals surface area contributed by atoms with Crippen LogP contribution in [0.2, 0.25) is 5.02 Å². The van der Waals surface area contributed by atoms with Gasteiger partial charge >= 0.3 is 0 Å². The lowest BCUT2D eigenvalue weighted by molar-refractivity contribution is -0.132. The van der Waals surface area contributed by atoms with Crippen LogP contribution in [-0.2, 0) is 17.8 Å². The molecule has 132 valence electrons. The molecule has 1 amide bonds. The average Bonchev–Trinajstić information content (AvgIpc) is 2.60. The molecule has 0 unspecified atom stereocenters. The molecule has 0 fully saturated rings. The Bertz CT molecular complexity index is 745. The fraction of sp³-hybridized carbons (Fsp3) is 0.250. The van der Waals surface area contributed by atoms with E-state index in [2.05, 4.69) is 6.58 Å². The molecule has 2 aromatic rings. The molecule has 0 aliphatic rings. The van der Waals surface area contributed by atoms with Gasteiger partial charge < -0.3 is 14.4 Å². The highest BCUT2D eigenvalue weighted by atomic mass is 35.5. The van der Waals surface area contributed by atoms with Gasteiger partial charge in [-0.1, -0.05) is 35.9 Å². The summed E-state index contributed by atoms with van der Waals surface area (Å²) in [6.45, 7) is 4.13. The minimum Gasteiger partial charge on any atom is -0.493 e. The number of rotatable bonds is 8. The third-order valence-corrected chi connectivity index (χ3v) is 3.93. The Morgan fingerprint density at radius 2 is 2.00 bits per heavy atom. The van der Waals surface area contributed by atoms with Crippen LogP contribution < -0.4 is 9.47 Å². The second kappa shape index (κ2) is 9.14. The van der Waals surface area contributed by atoms with Crippen LogP contribution in [0.15, 0.2) is 55.1 Å². The fourth-order valence-electron chi connectivity index (χ4n) is 2.37. The number of hydrogen-bond acceptors (Lipinski definition) is 3. The first kappa shape index (κ1) is 18.9. The summed E-state index contributed by atoms with van der Waals surface area (Å²) in [5, 5.41) is 0.652. The van der Waals surface area contributed by atoms with Crippen LogP contribution in [0.1, 0.15) is 11.1 Å². The number of carbonyl (C=O) groups is 1.